The molecule has 0 aliphatic rings. The van der Waals surface area contributed by atoms with E-state index >= 15 is 0 Å². The predicted octanol–water partition coefficient (Wildman–Crippen LogP) is 3.46. The second-order valence-electron chi connectivity index (χ2n) is 7.02. The van der Waals surface area contributed by atoms with Gasteiger partial charge in [-0.1, -0.05) is 23.5 Å². The van der Waals surface area contributed by atoms with Gasteiger partial charge in [-0.2, -0.15) is 0 Å². The minimum absolute atomic E-state index is 0.0148. The average molecular weight is 430 g/mol. The van der Waals surface area contributed by atoms with Crippen LogP contribution in [-0.2, 0) is 11.2 Å². The smallest absolute Gasteiger partial charge is 0.233 e. The number of hydrogen-bond acceptors (Lipinski definition) is 7. The Morgan fingerprint density at radius 1 is 0.933 bits per heavy atom. The number of methoxy groups -OCH3 is 3. The maximum absolute atomic E-state index is 13.2. The molecule has 0 saturated carbocycles. The Morgan fingerprint density at radius 2 is 1.60 bits per heavy atom. The number of hydrogen-bond donors (Lipinski definition) is 0. The van der Waals surface area contributed by atoms with Crippen LogP contribution in [0.3, 0.4) is 0 Å². The number of nitrogens with zero attached hydrogens (tertiary/aromatic N) is 3. The first-order valence-electron chi connectivity index (χ1n) is 9.56. The van der Waals surface area contributed by atoms with Crippen LogP contribution in [0, 0.1) is 0 Å². The molecule has 0 spiro atoms. The number of carbonyl (C=O) groups excluding carboxylic acids is 1. The molecule has 30 heavy (non-hydrogen) atoms. The van der Waals surface area contributed by atoms with E-state index in [2.05, 4.69) is 0 Å². The van der Waals surface area contributed by atoms with Gasteiger partial charge in [0.15, 0.2) is 5.13 Å². The Balaban J connectivity index is 1.95. The molecule has 0 atom stereocenters. The zero-order valence-electron chi connectivity index (χ0n) is 18.0. The highest BCUT2D eigenvalue weighted by atomic mass is 32.1. The Labute approximate surface area is 180 Å². The molecule has 160 valence electrons. The lowest BCUT2D eigenvalue weighted by Gasteiger charge is -2.22. The van der Waals surface area contributed by atoms with Crippen LogP contribution in [0.5, 0.6) is 17.2 Å². The summed E-state index contributed by atoms with van der Waals surface area (Å²) in [5.74, 6) is 2.12. The summed E-state index contributed by atoms with van der Waals surface area (Å²) in [7, 11) is 8.82. The number of fused-ring (bicyclic) bond motifs is 1. The SMILES string of the molecule is COc1ccc(CC(=O)N(CCN(C)C)c2nc3c(OC)ccc(OC)c3s2)cc1. The summed E-state index contributed by atoms with van der Waals surface area (Å²) < 4.78 is 17.0. The lowest BCUT2D eigenvalue weighted by Crippen LogP contribution is -2.37. The first-order chi connectivity index (χ1) is 14.5. The summed E-state index contributed by atoms with van der Waals surface area (Å²) in [6.07, 6.45) is 0.279. The topological polar surface area (TPSA) is 64.1 Å². The molecule has 0 aliphatic carbocycles. The fraction of sp³-hybridized carbons (Fsp3) is 0.364. The molecule has 1 heterocycles. The zero-order valence-corrected chi connectivity index (χ0v) is 18.8. The molecule has 3 aromatic rings. The van der Waals surface area contributed by atoms with Gasteiger partial charge in [-0.25, -0.2) is 4.98 Å². The van der Waals surface area contributed by atoms with Crippen molar-refractivity contribution in [3.8, 4) is 17.2 Å². The van der Waals surface area contributed by atoms with E-state index < -0.39 is 0 Å². The zero-order chi connectivity index (χ0) is 21.7. The molecule has 0 fully saturated rings. The molecule has 8 heteroatoms. The van der Waals surface area contributed by atoms with Crippen molar-refractivity contribution >= 4 is 32.6 Å². The lowest BCUT2D eigenvalue weighted by molar-refractivity contribution is -0.118. The molecule has 0 bridgehead atoms. The molecule has 0 radical (unpaired) electrons. The standard InChI is InChI=1S/C22H27N3O4S/c1-24(2)12-13-25(19(26)14-15-6-8-16(27-3)9-7-15)22-23-20-17(28-4)10-11-18(29-5)21(20)30-22/h6-11H,12-14H2,1-5H3. The van der Waals surface area contributed by atoms with Crippen molar-refractivity contribution in [2.24, 2.45) is 0 Å². The average Bonchev–Trinajstić information content (AvgIpc) is 3.18. The van der Waals surface area contributed by atoms with Crippen LogP contribution >= 0.6 is 11.3 Å². The van der Waals surface area contributed by atoms with Crippen LogP contribution < -0.4 is 19.1 Å². The maximum atomic E-state index is 13.2. The van der Waals surface area contributed by atoms with Crippen LogP contribution in [-0.4, -0.2) is 64.3 Å². The third kappa shape index (κ3) is 4.83. The van der Waals surface area contributed by atoms with Gasteiger partial charge in [0.1, 0.15) is 27.5 Å². The van der Waals surface area contributed by atoms with E-state index in [1.807, 2.05) is 55.4 Å². The Morgan fingerprint density at radius 3 is 2.20 bits per heavy atom. The van der Waals surface area contributed by atoms with Gasteiger partial charge in [-0.05, 0) is 43.9 Å². The number of amides is 1. The number of benzene rings is 2. The van der Waals surface area contributed by atoms with E-state index in [-0.39, 0.29) is 12.3 Å². The fourth-order valence-corrected chi connectivity index (χ4v) is 4.15. The highest BCUT2D eigenvalue weighted by molar-refractivity contribution is 7.22. The number of ether oxygens (including phenoxy) is 3. The summed E-state index contributed by atoms with van der Waals surface area (Å²) in [6.45, 7) is 1.25. The minimum atomic E-state index is -0.0148. The number of rotatable bonds is 9. The third-order valence-electron chi connectivity index (χ3n) is 4.72. The second-order valence-corrected chi connectivity index (χ2v) is 8.00. The molecule has 1 aromatic heterocycles. The predicted molar refractivity (Wildman–Crippen MR) is 120 cm³/mol. The molecule has 1 amide bonds. The summed E-state index contributed by atoms with van der Waals surface area (Å²) >= 11 is 1.43. The number of anilines is 1. The molecule has 2 aromatic carbocycles. The van der Waals surface area contributed by atoms with Crippen LogP contribution in [0.25, 0.3) is 10.2 Å². The van der Waals surface area contributed by atoms with Crippen molar-refractivity contribution in [2.75, 3.05) is 53.4 Å². The molecule has 0 unspecified atom stereocenters. The Bertz CT molecular complexity index is 961. The first-order valence-corrected chi connectivity index (χ1v) is 10.4. The van der Waals surface area contributed by atoms with E-state index in [4.69, 9.17) is 19.2 Å². The van der Waals surface area contributed by atoms with Crippen LogP contribution in [0.1, 0.15) is 5.56 Å². The first kappa shape index (κ1) is 21.9. The normalized spacial score (nSPS) is 11.0. The van der Waals surface area contributed by atoms with Crippen molar-refractivity contribution in [3.05, 3.63) is 42.0 Å². The molecule has 0 saturated heterocycles. The summed E-state index contributed by atoms with van der Waals surface area (Å²) in [4.78, 5) is 21.8. The van der Waals surface area contributed by atoms with Crippen molar-refractivity contribution in [2.45, 2.75) is 6.42 Å². The van der Waals surface area contributed by atoms with E-state index in [1.165, 1.54) is 11.3 Å². The van der Waals surface area contributed by atoms with Crippen molar-refractivity contribution < 1.29 is 19.0 Å². The van der Waals surface area contributed by atoms with Gasteiger partial charge in [0.05, 0.1) is 27.8 Å². The molecule has 0 aliphatic heterocycles. The van der Waals surface area contributed by atoms with E-state index in [9.17, 15) is 4.79 Å². The fourth-order valence-electron chi connectivity index (χ4n) is 3.03. The van der Waals surface area contributed by atoms with E-state index in [0.29, 0.717) is 28.7 Å². The summed E-state index contributed by atoms with van der Waals surface area (Å²) in [5, 5.41) is 0.633. The molecular formula is C22H27N3O4S. The second kappa shape index (κ2) is 9.77. The van der Waals surface area contributed by atoms with Gasteiger partial charge in [0, 0.05) is 13.1 Å². The van der Waals surface area contributed by atoms with Gasteiger partial charge in [0.25, 0.3) is 0 Å². The Hall–Kier alpha value is -2.84. The maximum Gasteiger partial charge on any atom is 0.233 e. The van der Waals surface area contributed by atoms with Gasteiger partial charge < -0.3 is 19.1 Å². The van der Waals surface area contributed by atoms with E-state index in [1.54, 1.807) is 26.2 Å². The van der Waals surface area contributed by atoms with Crippen LogP contribution in [0.4, 0.5) is 5.13 Å². The summed E-state index contributed by atoms with van der Waals surface area (Å²) in [6, 6.07) is 11.2. The monoisotopic (exact) mass is 429 g/mol. The highest BCUT2D eigenvalue weighted by Gasteiger charge is 2.23. The molecular weight excluding hydrogens is 402 g/mol. The van der Waals surface area contributed by atoms with Gasteiger partial charge >= 0.3 is 0 Å². The van der Waals surface area contributed by atoms with E-state index in [0.717, 1.165) is 22.6 Å². The van der Waals surface area contributed by atoms with Crippen LogP contribution in [0.15, 0.2) is 36.4 Å². The number of aromatic nitrogens is 1. The molecule has 0 N–H and O–H groups in total. The Kier molecular flexibility index (Phi) is 7.12. The van der Waals surface area contributed by atoms with Crippen molar-refractivity contribution in [1.29, 1.82) is 0 Å². The highest BCUT2D eigenvalue weighted by Crippen LogP contribution is 2.40. The summed E-state index contributed by atoms with van der Waals surface area (Å²) in [5.41, 5.74) is 1.62. The lowest BCUT2D eigenvalue weighted by atomic mass is 10.1. The van der Waals surface area contributed by atoms with Crippen molar-refractivity contribution in [3.63, 3.8) is 0 Å². The third-order valence-corrected chi connectivity index (χ3v) is 5.81. The van der Waals surface area contributed by atoms with Gasteiger partial charge in [0.2, 0.25) is 5.91 Å². The largest absolute Gasteiger partial charge is 0.497 e. The van der Waals surface area contributed by atoms with Crippen molar-refractivity contribution in [1.82, 2.24) is 9.88 Å². The quantitative estimate of drug-likeness (QED) is 0.519. The van der Waals surface area contributed by atoms with Gasteiger partial charge in [-0.3, -0.25) is 9.69 Å². The minimum Gasteiger partial charge on any atom is -0.497 e. The van der Waals surface area contributed by atoms with Gasteiger partial charge in [-0.15, -0.1) is 0 Å². The molecule has 7 nitrogen and oxygen atoms in total. The molecule has 3 rings (SSSR count). The number of carbonyl (C=O) groups is 1. The number of likely N-dealkylation sites (N-methyl/N-ethyl adjacent to an activating group) is 1. The van der Waals surface area contributed by atoms with Crippen LogP contribution in [0.2, 0.25) is 0 Å². The number of thiazole rings is 1.